The second kappa shape index (κ2) is 9.49. The Morgan fingerprint density at radius 3 is 2.61 bits per heavy atom. The van der Waals surface area contributed by atoms with E-state index < -0.39 is 17.2 Å². The number of hydrogen-bond donors (Lipinski definition) is 1. The van der Waals surface area contributed by atoms with E-state index in [0.29, 0.717) is 24.4 Å². The highest BCUT2D eigenvalue weighted by molar-refractivity contribution is 6.31. The average Bonchev–Trinajstić information content (AvgIpc) is 2.72. The highest BCUT2D eigenvalue weighted by atomic mass is 35.5. The van der Waals surface area contributed by atoms with E-state index in [1.807, 2.05) is 20.9 Å². The molecule has 0 bridgehead atoms. The molecule has 0 atom stereocenters. The molecule has 0 fully saturated rings. The molecule has 2 aromatic carbocycles. The Kier molecular flexibility index (Phi) is 6.97. The molecule has 3 rings (SSSR count). The van der Waals surface area contributed by atoms with E-state index >= 15 is 0 Å². The van der Waals surface area contributed by atoms with Gasteiger partial charge in [-0.05, 0) is 42.8 Å². The highest BCUT2D eigenvalue weighted by Crippen LogP contribution is 2.29. The second-order valence-electron chi connectivity index (χ2n) is 7.61. The maximum atomic E-state index is 14.1. The number of methoxy groups -OCH3 is 1. The van der Waals surface area contributed by atoms with E-state index in [1.54, 1.807) is 22.8 Å². The summed E-state index contributed by atoms with van der Waals surface area (Å²) in [5.74, 6) is -0.820. The van der Waals surface area contributed by atoms with Gasteiger partial charge in [-0.1, -0.05) is 31.5 Å². The van der Waals surface area contributed by atoms with Crippen LogP contribution in [0.2, 0.25) is 5.02 Å². The van der Waals surface area contributed by atoms with Gasteiger partial charge in [-0.15, -0.1) is 0 Å². The van der Waals surface area contributed by atoms with Crippen LogP contribution in [-0.2, 0) is 13.1 Å². The zero-order chi connectivity index (χ0) is 22.7. The van der Waals surface area contributed by atoms with Gasteiger partial charge < -0.3 is 19.4 Å². The van der Waals surface area contributed by atoms with Gasteiger partial charge in [0.15, 0.2) is 11.5 Å². The van der Waals surface area contributed by atoms with Crippen LogP contribution in [0.5, 0.6) is 11.5 Å². The van der Waals surface area contributed by atoms with Gasteiger partial charge in [0.1, 0.15) is 11.4 Å². The summed E-state index contributed by atoms with van der Waals surface area (Å²) in [7, 11) is 3.28. The van der Waals surface area contributed by atoms with Gasteiger partial charge in [0.2, 0.25) is 5.43 Å². The Bertz CT molecular complexity index is 1190. The van der Waals surface area contributed by atoms with Gasteiger partial charge in [0, 0.05) is 24.7 Å². The standard InChI is InChI=1S/C23H24ClFN2O4/c1-13(2)11-27-12-16(22(28)15-8-18(25)17(24)9-19(15)27)23(29)31-20-6-5-14(10-26-3)7-21(20)30-4/h5-9,12-13,26H,10-11H2,1-4H3. The summed E-state index contributed by atoms with van der Waals surface area (Å²) in [6.07, 6.45) is 1.43. The molecule has 0 aliphatic rings. The lowest BCUT2D eigenvalue weighted by Crippen LogP contribution is -2.23. The normalized spacial score (nSPS) is 11.2. The van der Waals surface area contributed by atoms with Gasteiger partial charge in [-0.2, -0.15) is 0 Å². The zero-order valence-electron chi connectivity index (χ0n) is 17.8. The van der Waals surface area contributed by atoms with E-state index in [2.05, 4.69) is 5.32 Å². The lowest BCUT2D eigenvalue weighted by atomic mass is 10.1. The Morgan fingerprint density at radius 1 is 1.23 bits per heavy atom. The molecular weight excluding hydrogens is 423 g/mol. The number of fused-ring (bicyclic) bond motifs is 1. The first-order valence-electron chi connectivity index (χ1n) is 9.81. The minimum atomic E-state index is -0.848. The maximum absolute atomic E-state index is 14.1. The molecule has 1 N–H and O–H groups in total. The number of hydrogen-bond acceptors (Lipinski definition) is 5. The summed E-state index contributed by atoms with van der Waals surface area (Å²) in [5.41, 5.74) is 0.574. The number of benzene rings is 2. The van der Waals surface area contributed by atoms with Crippen molar-refractivity contribution in [3.63, 3.8) is 0 Å². The van der Waals surface area contributed by atoms with Crippen molar-refractivity contribution in [1.29, 1.82) is 0 Å². The summed E-state index contributed by atoms with van der Waals surface area (Å²) in [6, 6.07) is 7.59. The molecule has 0 aliphatic carbocycles. The van der Waals surface area contributed by atoms with Gasteiger partial charge in [0.05, 0.1) is 17.6 Å². The summed E-state index contributed by atoms with van der Waals surface area (Å²) in [6.45, 7) is 5.10. The van der Waals surface area contributed by atoms with E-state index in [0.717, 1.165) is 11.6 Å². The molecule has 0 saturated heterocycles. The number of pyridine rings is 1. The van der Waals surface area contributed by atoms with E-state index in [9.17, 15) is 14.0 Å². The fourth-order valence-corrected chi connectivity index (χ4v) is 3.50. The van der Waals surface area contributed by atoms with E-state index in [1.165, 1.54) is 19.4 Å². The first-order chi connectivity index (χ1) is 14.7. The van der Waals surface area contributed by atoms with Crippen molar-refractivity contribution >= 4 is 28.5 Å². The molecule has 8 heteroatoms. The van der Waals surface area contributed by atoms with Crippen LogP contribution >= 0.6 is 11.6 Å². The van der Waals surface area contributed by atoms with Crippen LogP contribution in [0.25, 0.3) is 10.9 Å². The van der Waals surface area contributed by atoms with Crippen LogP contribution in [0.4, 0.5) is 4.39 Å². The van der Waals surface area contributed by atoms with Crippen LogP contribution in [0.1, 0.15) is 29.8 Å². The predicted octanol–water partition coefficient (Wildman–Crippen LogP) is 4.40. The Balaban J connectivity index is 2.08. The van der Waals surface area contributed by atoms with Crippen LogP contribution in [0, 0.1) is 11.7 Å². The number of carbonyl (C=O) groups is 1. The van der Waals surface area contributed by atoms with Crippen molar-refractivity contribution in [2.45, 2.75) is 26.9 Å². The van der Waals surface area contributed by atoms with Crippen molar-refractivity contribution in [3.8, 4) is 11.5 Å². The molecule has 1 aromatic heterocycles. The quantitative estimate of drug-likeness (QED) is 0.430. The van der Waals surface area contributed by atoms with Crippen molar-refractivity contribution in [3.05, 3.63) is 68.7 Å². The summed E-state index contributed by atoms with van der Waals surface area (Å²) in [5, 5.41) is 3.00. The molecule has 0 aliphatic heterocycles. The summed E-state index contributed by atoms with van der Waals surface area (Å²) >= 11 is 5.93. The van der Waals surface area contributed by atoms with Gasteiger partial charge in [-0.3, -0.25) is 4.79 Å². The number of halogens is 2. The summed E-state index contributed by atoms with van der Waals surface area (Å²) in [4.78, 5) is 25.9. The van der Waals surface area contributed by atoms with Crippen molar-refractivity contribution in [2.75, 3.05) is 14.2 Å². The largest absolute Gasteiger partial charge is 0.493 e. The maximum Gasteiger partial charge on any atom is 0.349 e. The Morgan fingerprint density at radius 2 is 1.97 bits per heavy atom. The third-order valence-corrected chi connectivity index (χ3v) is 5.01. The van der Waals surface area contributed by atoms with Gasteiger partial charge in [0.25, 0.3) is 0 Å². The third kappa shape index (κ3) is 4.89. The van der Waals surface area contributed by atoms with Crippen LogP contribution < -0.4 is 20.2 Å². The van der Waals surface area contributed by atoms with E-state index in [-0.39, 0.29) is 27.6 Å². The van der Waals surface area contributed by atoms with Crippen LogP contribution in [-0.4, -0.2) is 24.7 Å². The molecule has 0 unspecified atom stereocenters. The SMILES string of the molecule is CNCc1ccc(OC(=O)c2cn(CC(C)C)c3cc(Cl)c(F)cc3c2=O)c(OC)c1. The number of nitrogens with zero attached hydrogens (tertiary/aromatic N) is 1. The monoisotopic (exact) mass is 446 g/mol. The fraction of sp³-hybridized carbons (Fsp3) is 0.304. The van der Waals surface area contributed by atoms with Crippen molar-refractivity contribution in [2.24, 2.45) is 5.92 Å². The number of carbonyl (C=O) groups excluding carboxylic acids is 1. The second-order valence-corrected chi connectivity index (χ2v) is 8.01. The first-order valence-corrected chi connectivity index (χ1v) is 10.2. The topological polar surface area (TPSA) is 69.6 Å². The first kappa shape index (κ1) is 22.8. The zero-order valence-corrected chi connectivity index (χ0v) is 18.5. The number of ether oxygens (including phenoxy) is 2. The Labute approximate surface area is 184 Å². The molecule has 0 saturated carbocycles. The lowest BCUT2D eigenvalue weighted by Gasteiger charge is -2.16. The number of esters is 1. The average molecular weight is 447 g/mol. The lowest BCUT2D eigenvalue weighted by molar-refractivity contribution is 0.0727. The molecule has 6 nitrogen and oxygen atoms in total. The van der Waals surface area contributed by atoms with Crippen molar-refractivity contribution < 1.29 is 18.7 Å². The molecule has 0 spiro atoms. The number of aromatic nitrogens is 1. The predicted molar refractivity (Wildman–Crippen MR) is 119 cm³/mol. The minimum absolute atomic E-state index is 0.0633. The van der Waals surface area contributed by atoms with Gasteiger partial charge in [-0.25, -0.2) is 9.18 Å². The molecule has 1 heterocycles. The van der Waals surface area contributed by atoms with Crippen LogP contribution in [0.15, 0.2) is 41.3 Å². The van der Waals surface area contributed by atoms with Crippen molar-refractivity contribution in [1.82, 2.24) is 9.88 Å². The van der Waals surface area contributed by atoms with Gasteiger partial charge >= 0.3 is 5.97 Å². The van der Waals surface area contributed by atoms with E-state index in [4.69, 9.17) is 21.1 Å². The third-order valence-electron chi connectivity index (χ3n) is 4.72. The molecular formula is C23H24ClFN2O4. The molecule has 3 aromatic rings. The minimum Gasteiger partial charge on any atom is -0.493 e. The highest BCUT2D eigenvalue weighted by Gasteiger charge is 2.21. The Hall–Kier alpha value is -2.90. The number of nitrogens with one attached hydrogen (secondary N) is 1. The fourth-order valence-electron chi connectivity index (χ4n) is 3.34. The molecule has 31 heavy (non-hydrogen) atoms. The molecule has 164 valence electrons. The summed E-state index contributed by atoms with van der Waals surface area (Å²) < 4.78 is 26.6. The number of rotatable bonds is 7. The smallest absolute Gasteiger partial charge is 0.349 e. The molecule has 0 amide bonds. The molecule has 0 radical (unpaired) electrons. The van der Waals surface area contributed by atoms with Crippen LogP contribution in [0.3, 0.4) is 0 Å².